The smallest absolute Gasteiger partial charge is 0.277 e. The monoisotopic (exact) mass is 377 g/mol. The van der Waals surface area contributed by atoms with Gasteiger partial charge in [0.2, 0.25) is 5.91 Å². The molecular formula is C20H15N3O3S. The number of phenols is 1. The fourth-order valence-corrected chi connectivity index (χ4v) is 3.19. The lowest BCUT2D eigenvalue weighted by molar-refractivity contribution is -0.113. The maximum atomic E-state index is 12.0. The van der Waals surface area contributed by atoms with Crippen LogP contribution in [0.3, 0.4) is 0 Å². The SMILES string of the molecule is O=C(CSc1nnc(-c2cc3ccccc3cc2O)o1)Nc1ccccc1. The number of carbonyl (C=O) groups is 1. The molecule has 0 spiro atoms. The van der Waals surface area contributed by atoms with E-state index in [0.717, 1.165) is 28.2 Å². The zero-order chi connectivity index (χ0) is 18.6. The first-order valence-electron chi connectivity index (χ1n) is 8.22. The number of hydrogen-bond donors (Lipinski definition) is 2. The van der Waals surface area contributed by atoms with Crippen molar-refractivity contribution < 1.29 is 14.3 Å². The molecule has 27 heavy (non-hydrogen) atoms. The van der Waals surface area contributed by atoms with Gasteiger partial charge in [0.15, 0.2) is 0 Å². The van der Waals surface area contributed by atoms with Crippen molar-refractivity contribution in [1.29, 1.82) is 0 Å². The van der Waals surface area contributed by atoms with Gasteiger partial charge in [-0.2, -0.15) is 0 Å². The molecule has 0 saturated heterocycles. The Hall–Kier alpha value is -3.32. The molecule has 3 aromatic carbocycles. The molecule has 0 aliphatic heterocycles. The summed E-state index contributed by atoms with van der Waals surface area (Å²) >= 11 is 1.14. The Kier molecular flexibility index (Phi) is 4.76. The number of aromatic nitrogens is 2. The third kappa shape index (κ3) is 3.93. The number of hydrogen-bond acceptors (Lipinski definition) is 6. The standard InChI is InChI=1S/C20H15N3O3S/c24-17-11-14-7-5-4-6-13(14)10-16(17)19-22-23-20(26-19)27-12-18(25)21-15-8-2-1-3-9-15/h1-11,24H,12H2,(H,21,25). The van der Waals surface area contributed by atoms with Crippen LogP contribution >= 0.6 is 11.8 Å². The minimum Gasteiger partial charge on any atom is -0.507 e. The molecule has 7 heteroatoms. The molecule has 0 aliphatic rings. The van der Waals surface area contributed by atoms with Gasteiger partial charge in [0, 0.05) is 5.69 Å². The zero-order valence-corrected chi connectivity index (χ0v) is 14.9. The van der Waals surface area contributed by atoms with Gasteiger partial charge < -0.3 is 14.8 Å². The summed E-state index contributed by atoms with van der Waals surface area (Å²) in [6, 6.07) is 20.4. The summed E-state index contributed by atoms with van der Waals surface area (Å²) in [7, 11) is 0. The largest absolute Gasteiger partial charge is 0.507 e. The molecule has 4 rings (SSSR count). The van der Waals surface area contributed by atoms with Crippen molar-refractivity contribution in [2.24, 2.45) is 0 Å². The van der Waals surface area contributed by atoms with E-state index in [0.29, 0.717) is 5.56 Å². The van der Waals surface area contributed by atoms with E-state index < -0.39 is 0 Å². The summed E-state index contributed by atoms with van der Waals surface area (Å²) in [6.07, 6.45) is 0. The minimum absolute atomic E-state index is 0.0655. The van der Waals surface area contributed by atoms with Crippen LogP contribution in [0.5, 0.6) is 5.75 Å². The third-order valence-electron chi connectivity index (χ3n) is 3.89. The number of benzene rings is 3. The molecule has 0 saturated carbocycles. The van der Waals surface area contributed by atoms with Crippen LogP contribution in [0.25, 0.3) is 22.2 Å². The maximum absolute atomic E-state index is 12.0. The van der Waals surface area contributed by atoms with Crippen molar-refractivity contribution in [2.75, 3.05) is 11.1 Å². The van der Waals surface area contributed by atoms with Crippen LogP contribution in [-0.2, 0) is 4.79 Å². The second-order valence-corrected chi connectivity index (χ2v) is 6.72. The molecule has 0 atom stereocenters. The molecule has 6 nitrogen and oxygen atoms in total. The minimum atomic E-state index is -0.167. The zero-order valence-electron chi connectivity index (χ0n) is 14.1. The van der Waals surface area contributed by atoms with E-state index >= 15 is 0 Å². The van der Waals surface area contributed by atoms with E-state index in [4.69, 9.17) is 4.42 Å². The molecule has 134 valence electrons. The lowest BCUT2D eigenvalue weighted by Gasteiger charge is -2.03. The fourth-order valence-electron chi connectivity index (χ4n) is 2.62. The van der Waals surface area contributed by atoms with E-state index in [2.05, 4.69) is 15.5 Å². The highest BCUT2D eigenvalue weighted by atomic mass is 32.2. The second-order valence-electron chi connectivity index (χ2n) is 5.79. The van der Waals surface area contributed by atoms with Gasteiger partial charge >= 0.3 is 0 Å². The van der Waals surface area contributed by atoms with Gasteiger partial charge in [-0.25, -0.2) is 0 Å². The predicted octanol–water partition coefficient (Wildman–Crippen LogP) is 4.33. The van der Waals surface area contributed by atoms with E-state index in [1.807, 2.05) is 54.6 Å². The van der Waals surface area contributed by atoms with Gasteiger partial charge in [0.05, 0.1) is 11.3 Å². The Morgan fingerprint density at radius 3 is 2.48 bits per heavy atom. The first-order chi connectivity index (χ1) is 13.2. The van der Waals surface area contributed by atoms with Crippen molar-refractivity contribution in [1.82, 2.24) is 10.2 Å². The number of phenolic OH excluding ortho intramolecular Hbond substituents is 1. The summed E-state index contributed by atoms with van der Waals surface area (Å²) < 4.78 is 5.60. The Balaban J connectivity index is 1.46. The highest BCUT2D eigenvalue weighted by molar-refractivity contribution is 7.99. The van der Waals surface area contributed by atoms with E-state index in [1.54, 1.807) is 12.1 Å². The number of amides is 1. The molecule has 1 heterocycles. The number of nitrogens with zero attached hydrogens (tertiary/aromatic N) is 2. The number of nitrogens with one attached hydrogen (secondary N) is 1. The fraction of sp³-hybridized carbons (Fsp3) is 0.0500. The van der Waals surface area contributed by atoms with Crippen molar-refractivity contribution >= 4 is 34.1 Å². The molecule has 2 N–H and O–H groups in total. The normalized spacial score (nSPS) is 10.8. The van der Waals surface area contributed by atoms with E-state index in [-0.39, 0.29) is 28.5 Å². The van der Waals surface area contributed by atoms with Gasteiger partial charge in [-0.15, -0.1) is 10.2 Å². The Morgan fingerprint density at radius 1 is 1.00 bits per heavy atom. The number of para-hydroxylation sites is 1. The Bertz CT molecular complexity index is 1100. The summed E-state index contributed by atoms with van der Waals surface area (Å²) in [4.78, 5) is 12.0. The molecule has 1 aromatic heterocycles. The number of aromatic hydroxyl groups is 1. The van der Waals surface area contributed by atoms with Gasteiger partial charge in [-0.05, 0) is 35.0 Å². The average molecular weight is 377 g/mol. The lowest BCUT2D eigenvalue weighted by atomic mass is 10.1. The van der Waals surface area contributed by atoms with Crippen molar-refractivity contribution in [2.45, 2.75) is 5.22 Å². The van der Waals surface area contributed by atoms with Crippen molar-refractivity contribution in [3.8, 4) is 17.2 Å². The molecule has 0 fully saturated rings. The van der Waals surface area contributed by atoms with E-state index in [1.165, 1.54) is 0 Å². The lowest BCUT2D eigenvalue weighted by Crippen LogP contribution is -2.13. The van der Waals surface area contributed by atoms with Gasteiger partial charge in [-0.1, -0.05) is 54.2 Å². The Labute approximate surface area is 159 Å². The maximum Gasteiger partial charge on any atom is 0.277 e. The molecule has 1 amide bonds. The predicted molar refractivity (Wildman–Crippen MR) is 105 cm³/mol. The summed E-state index contributed by atoms with van der Waals surface area (Å²) in [5.74, 6) is 0.250. The number of anilines is 1. The molecule has 0 aliphatic carbocycles. The number of carbonyl (C=O) groups excluding carboxylic acids is 1. The molecular weight excluding hydrogens is 362 g/mol. The topological polar surface area (TPSA) is 88.2 Å². The van der Waals surface area contributed by atoms with E-state index in [9.17, 15) is 9.90 Å². The van der Waals surface area contributed by atoms with Crippen LogP contribution in [0.2, 0.25) is 0 Å². The van der Waals surface area contributed by atoms with Crippen molar-refractivity contribution in [3.63, 3.8) is 0 Å². The molecule has 0 unspecified atom stereocenters. The van der Waals surface area contributed by atoms with Crippen LogP contribution in [0.4, 0.5) is 5.69 Å². The quantitative estimate of drug-likeness (QED) is 0.504. The number of rotatable bonds is 5. The highest BCUT2D eigenvalue weighted by Crippen LogP contribution is 2.33. The number of thioether (sulfide) groups is 1. The first-order valence-corrected chi connectivity index (χ1v) is 9.21. The summed E-state index contributed by atoms with van der Waals surface area (Å²) in [5.41, 5.74) is 1.19. The van der Waals surface area contributed by atoms with Gasteiger partial charge in [0.25, 0.3) is 11.1 Å². The van der Waals surface area contributed by atoms with Crippen molar-refractivity contribution in [3.05, 3.63) is 66.7 Å². The first kappa shape index (κ1) is 17.1. The third-order valence-corrected chi connectivity index (χ3v) is 4.70. The summed E-state index contributed by atoms with van der Waals surface area (Å²) in [5, 5.41) is 23.1. The number of fused-ring (bicyclic) bond motifs is 1. The second kappa shape index (κ2) is 7.51. The van der Waals surface area contributed by atoms with Crippen LogP contribution in [0.15, 0.2) is 76.4 Å². The highest BCUT2D eigenvalue weighted by Gasteiger charge is 2.15. The van der Waals surface area contributed by atoms with Crippen LogP contribution in [-0.4, -0.2) is 27.0 Å². The molecule has 0 bridgehead atoms. The Morgan fingerprint density at radius 2 is 1.70 bits per heavy atom. The molecule has 0 radical (unpaired) electrons. The van der Waals surface area contributed by atoms with Crippen LogP contribution in [0.1, 0.15) is 0 Å². The summed E-state index contributed by atoms with van der Waals surface area (Å²) in [6.45, 7) is 0. The molecule has 4 aromatic rings. The van der Waals surface area contributed by atoms with Crippen LogP contribution in [0, 0.1) is 0 Å². The van der Waals surface area contributed by atoms with Gasteiger partial charge in [0.1, 0.15) is 5.75 Å². The average Bonchev–Trinajstić information content (AvgIpc) is 3.15. The van der Waals surface area contributed by atoms with Gasteiger partial charge in [-0.3, -0.25) is 4.79 Å². The van der Waals surface area contributed by atoms with Crippen LogP contribution < -0.4 is 5.32 Å².